The molecule has 1 fully saturated rings. The molecule has 25 heavy (non-hydrogen) atoms. The van der Waals surface area contributed by atoms with E-state index in [0.29, 0.717) is 16.7 Å². The van der Waals surface area contributed by atoms with Crippen LogP contribution < -0.4 is 5.32 Å². The highest BCUT2D eigenvalue weighted by molar-refractivity contribution is 6.45. The Kier molecular flexibility index (Phi) is 4.43. The number of methoxy groups -OCH3 is 1. The lowest BCUT2D eigenvalue weighted by Gasteiger charge is -2.20. The standard InChI is InChI=1S/C19H17N3O3/c1-25-19(24)13-9-5-8-12(10-13)17-14(16(21)18(23)22-17)15(20)11-6-3-2-4-7-11/h2-10,14,17,20-21H,1H3,(H,22,23). The predicted molar refractivity (Wildman–Crippen MR) is 93.2 cm³/mol. The Morgan fingerprint density at radius 2 is 1.76 bits per heavy atom. The van der Waals surface area contributed by atoms with Crippen molar-refractivity contribution in [3.8, 4) is 0 Å². The molecule has 6 nitrogen and oxygen atoms in total. The van der Waals surface area contributed by atoms with Gasteiger partial charge in [-0.25, -0.2) is 4.79 Å². The lowest BCUT2D eigenvalue weighted by Crippen LogP contribution is -2.26. The third kappa shape index (κ3) is 3.06. The van der Waals surface area contributed by atoms with E-state index >= 15 is 0 Å². The normalized spacial score (nSPS) is 19.4. The quantitative estimate of drug-likeness (QED) is 0.590. The Morgan fingerprint density at radius 3 is 2.44 bits per heavy atom. The second-order valence-electron chi connectivity index (χ2n) is 5.74. The van der Waals surface area contributed by atoms with Gasteiger partial charge in [0.2, 0.25) is 0 Å². The van der Waals surface area contributed by atoms with Crippen LogP contribution in [0, 0.1) is 16.7 Å². The van der Waals surface area contributed by atoms with Crippen LogP contribution in [0.2, 0.25) is 0 Å². The van der Waals surface area contributed by atoms with Crippen molar-refractivity contribution in [1.29, 1.82) is 10.8 Å². The highest BCUT2D eigenvalue weighted by Gasteiger charge is 2.41. The van der Waals surface area contributed by atoms with Gasteiger partial charge in [-0.1, -0.05) is 42.5 Å². The fourth-order valence-electron chi connectivity index (χ4n) is 2.97. The summed E-state index contributed by atoms with van der Waals surface area (Å²) in [6.07, 6.45) is 0. The molecule has 1 saturated heterocycles. The number of carbonyl (C=O) groups excluding carboxylic acids is 2. The maximum Gasteiger partial charge on any atom is 0.337 e. The van der Waals surface area contributed by atoms with Crippen LogP contribution in [0.4, 0.5) is 0 Å². The molecule has 1 aliphatic heterocycles. The first kappa shape index (κ1) is 16.6. The molecule has 0 spiro atoms. The van der Waals surface area contributed by atoms with E-state index in [1.165, 1.54) is 7.11 Å². The van der Waals surface area contributed by atoms with Crippen molar-refractivity contribution in [3.05, 3.63) is 71.3 Å². The summed E-state index contributed by atoms with van der Waals surface area (Å²) in [5, 5.41) is 19.3. The van der Waals surface area contributed by atoms with E-state index in [4.69, 9.17) is 15.6 Å². The van der Waals surface area contributed by atoms with Crippen molar-refractivity contribution in [3.63, 3.8) is 0 Å². The van der Waals surface area contributed by atoms with Gasteiger partial charge >= 0.3 is 5.97 Å². The molecule has 0 saturated carbocycles. The fourth-order valence-corrected chi connectivity index (χ4v) is 2.97. The van der Waals surface area contributed by atoms with Gasteiger partial charge in [-0.15, -0.1) is 0 Å². The van der Waals surface area contributed by atoms with Crippen molar-refractivity contribution < 1.29 is 14.3 Å². The Bertz CT molecular complexity index is 861. The molecule has 126 valence electrons. The van der Waals surface area contributed by atoms with Gasteiger partial charge in [-0.3, -0.25) is 10.2 Å². The molecule has 2 atom stereocenters. The van der Waals surface area contributed by atoms with Crippen molar-refractivity contribution in [2.24, 2.45) is 5.92 Å². The topological polar surface area (TPSA) is 103 Å². The van der Waals surface area contributed by atoms with Gasteiger partial charge < -0.3 is 15.5 Å². The Morgan fingerprint density at radius 1 is 1.08 bits per heavy atom. The van der Waals surface area contributed by atoms with E-state index in [9.17, 15) is 9.59 Å². The largest absolute Gasteiger partial charge is 0.465 e. The lowest BCUT2D eigenvalue weighted by molar-refractivity contribution is -0.114. The van der Waals surface area contributed by atoms with Gasteiger partial charge in [-0.2, -0.15) is 0 Å². The SMILES string of the molecule is COC(=O)c1cccc(C2NC(=O)C(=N)C2C(=N)c2ccccc2)c1. The van der Waals surface area contributed by atoms with E-state index in [1.807, 2.05) is 18.2 Å². The number of carbonyl (C=O) groups is 2. The molecule has 2 aromatic rings. The molecule has 0 bridgehead atoms. The summed E-state index contributed by atoms with van der Waals surface area (Å²) in [5.41, 5.74) is 1.71. The first-order valence-corrected chi connectivity index (χ1v) is 7.74. The van der Waals surface area contributed by atoms with Crippen LogP contribution in [0.5, 0.6) is 0 Å². The smallest absolute Gasteiger partial charge is 0.337 e. The number of esters is 1. The molecule has 0 radical (unpaired) electrons. The number of hydrogen-bond donors (Lipinski definition) is 3. The number of hydrogen-bond acceptors (Lipinski definition) is 5. The summed E-state index contributed by atoms with van der Waals surface area (Å²) in [5.74, 6) is -1.70. The van der Waals surface area contributed by atoms with Crippen molar-refractivity contribution >= 4 is 23.3 Å². The Labute approximate surface area is 144 Å². The van der Waals surface area contributed by atoms with Gasteiger partial charge in [0.25, 0.3) is 5.91 Å². The summed E-state index contributed by atoms with van der Waals surface area (Å²) >= 11 is 0. The molecular weight excluding hydrogens is 318 g/mol. The molecule has 2 unspecified atom stereocenters. The summed E-state index contributed by atoms with van der Waals surface area (Å²) in [6, 6.07) is 15.2. The van der Waals surface area contributed by atoms with Crippen LogP contribution in [-0.2, 0) is 9.53 Å². The zero-order chi connectivity index (χ0) is 18.0. The van der Waals surface area contributed by atoms with Crippen LogP contribution >= 0.6 is 0 Å². The molecular formula is C19H17N3O3. The molecule has 6 heteroatoms. The van der Waals surface area contributed by atoms with Crippen molar-refractivity contribution in [2.75, 3.05) is 7.11 Å². The first-order valence-electron chi connectivity index (χ1n) is 7.74. The molecule has 1 amide bonds. The molecule has 0 aromatic heterocycles. The van der Waals surface area contributed by atoms with Crippen molar-refractivity contribution in [2.45, 2.75) is 6.04 Å². The number of nitrogens with one attached hydrogen (secondary N) is 3. The van der Waals surface area contributed by atoms with Crippen LogP contribution in [0.1, 0.15) is 27.5 Å². The van der Waals surface area contributed by atoms with E-state index in [2.05, 4.69) is 5.32 Å². The number of ether oxygens (including phenoxy) is 1. The number of rotatable bonds is 4. The highest BCUT2D eigenvalue weighted by atomic mass is 16.5. The molecule has 0 aliphatic carbocycles. The van der Waals surface area contributed by atoms with E-state index < -0.39 is 23.8 Å². The summed E-state index contributed by atoms with van der Waals surface area (Å²) in [7, 11) is 1.30. The molecule has 3 rings (SSSR count). The molecule has 3 N–H and O–H groups in total. The average Bonchev–Trinajstić information content (AvgIpc) is 2.96. The van der Waals surface area contributed by atoms with Gasteiger partial charge in [0, 0.05) is 0 Å². The maximum absolute atomic E-state index is 12.1. The summed E-state index contributed by atoms with van der Waals surface area (Å²) in [6.45, 7) is 0. The molecule has 2 aromatic carbocycles. The van der Waals surface area contributed by atoms with Gasteiger partial charge in [0.15, 0.2) is 0 Å². The number of benzene rings is 2. The van der Waals surface area contributed by atoms with Crippen LogP contribution in [-0.4, -0.2) is 30.4 Å². The minimum atomic E-state index is -0.720. The van der Waals surface area contributed by atoms with E-state index in [0.717, 1.165) is 0 Å². The fraction of sp³-hybridized carbons (Fsp3) is 0.158. The molecule has 1 aliphatic rings. The average molecular weight is 335 g/mol. The van der Waals surface area contributed by atoms with Crippen molar-refractivity contribution in [1.82, 2.24) is 5.32 Å². The van der Waals surface area contributed by atoms with Gasteiger partial charge in [0.05, 0.1) is 30.3 Å². The van der Waals surface area contributed by atoms with Gasteiger partial charge in [-0.05, 0) is 23.3 Å². The summed E-state index contributed by atoms with van der Waals surface area (Å²) in [4.78, 5) is 23.8. The highest BCUT2D eigenvalue weighted by Crippen LogP contribution is 2.31. The second-order valence-corrected chi connectivity index (χ2v) is 5.74. The predicted octanol–water partition coefficient (Wildman–Crippen LogP) is 2.35. The summed E-state index contributed by atoms with van der Waals surface area (Å²) < 4.78 is 4.73. The Hall–Kier alpha value is -3.28. The zero-order valence-electron chi connectivity index (χ0n) is 13.6. The van der Waals surface area contributed by atoms with Gasteiger partial charge in [0.1, 0.15) is 5.71 Å². The third-order valence-corrected chi connectivity index (χ3v) is 4.24. The molecule has 1 heterocycles. The second kappa shape index (κ2) is 6.68. The zero-order valence-corrected chi connectivity index (χ0v) is 13.6. The van der Waals surface area contributed by atoms with Crippen LogP contribution in [0.15, 0.2) is 54.6 Å². The minimum Gasteiger partial charge on any atom is -0.465 e. The van der Waals surface area contributed by atoms with E-state index in [1.54, 1.807) is 36.4 Å². The van der Waals surface area contributed by atoms with E-state index in [-0.39, 0.29) is 11.4 Å². The monoisotopic (exact) mass is 335 g/mol. The lowest BCUT2D eigenvalue weighted by atomic mass is 9.85. The maximum atomic E-state index is 12.1. The number of amides is 1. The van der Waals surface area contributed by atoms with Crippen LogP contribution in [0.25, 0.3) is 0 Å². The minimum absolute atomic E-state index is 0.151. The third-order valence-electron chi connectivity index (χ3n) is 4.24. The Balaban J connectivity index is 1.99. The first-order chi connectivity index (χ1) is 12.0. The van der Waals surface area contributed by atoms with Crippen LogP contribution in [0.3, 0.4) is 0 Å².